The molecule has 0 bridgehead atoms. The highest BCUT2D eigenvalue weighted by atomic mass is 16.7. The zero-order valence-electron chi connectivity index (χ0n) is 12.8. The minimum atomic E-state index is -0.871. The zero-order valence-corrected chi connectivity index (χ0v) is 12.8. The van der Waals surface area contributed by atoms with Gasteiger partial charge in [0, 0.05) is 0 Å². The summed E-state index contributed by atoms with van der Waals surface area (Å²) in [5.41, 5.74) is 0.940. The van der Waals surface area contributed by atoms with E-state index in [-0.39, 0.29) is 13.2 Å². The summed E-state index contributed by atoms with van der Waals surface area (Å²) in [6.07, 6.45) is -1.43. The van der Waals surface area contributed by atoms with Crippen molar-refractivity contribution in [3.8, 4) is 0 Å². The van der Waals surface area contributed by atoms with Crippen LogP contribution < -0.4 is 0 Å². The molecule has 0 aromatic heterocycles. The number of hydrogen-bond donors (Lipinski definition) is 1. The molecule has 7 nitrogen and oxygen atoms in total. The number of hydrogen-bond acceptors (Lipinski definition) is 7. The van der Waals surface area contributed by atoms with Crippen LogP contribution in [-0.4, -0.2) is 53.6 Å². The van der Waals surface area contributed by atoms with Crippen LogP contribution in [0.1, 0.15) is 12.5 Å². The molecule has 0 aliphatic carbocycles. The van der Waals surface area contributed by atoms with E-state index in [0.29, 0.717) is 6.54 Å². The van der Waals surface area contributed by atoms with E-state index < -0.39 is 36.1 Å². The number of aliphatic hydroxyl groups is 1. The van der Waals surface area contributed by atoms with Crippen molar-refractivity contribution in [2.24, 2.45) is 5.92 Å². The maximum Gasteiger partial charge on any atom is 0.326 e. The predicted molar refractivity (Wildman–Crippen MR) is 77.7 cm³/mol. The lowest BCUT2D eigenvalue weighted by Crippen LogP contribution is -2.42. The Kier molecular flexibility index (Phi) is 4.61. The fourth-order valence-electron chi connectivity index (χ4n) is 3.04. The molecule has 3 rings (SSSR count). The Balaban J connectivity index is 1.85. The monoisotopic (exact) mass is 321 g/mol. The lowest BCUT2D eigenvalue weighted by Gasteiger charge is -2.24. The number of cyclic esters (lactones) is 1. The van der Waals surface area contributed by atoms with Gasteiger partial charge in [0.05, 0.1) is 19.8 Å². The summed E-state index contributed by atoms with van der Waals surface area (Å²) >= 11 is 0. The fraction of sp³-hybridized carbons (Fsp3) is 0.500. The lowest BCUT2D eigenvalue weighted by molar-refractivity contribution is -0.204. The van der Waals surface area contributed by atoms with E-state index in [1.165, 1.54) is 5.06 Å². The topological polar surface area (TPSA) is 85.3 Å². The van der Waals surface area contributed by atoms with Crippen LogP contribution in [0.5, 0.6) is 0 Å². The number of fused-ring (bicyclic) bond motifs is 1. The summed E-state index contributed by atoms with van der Waals surface area (Å²) in [6, 6.07) is 8.60. The number of esters is 2. The van der Waals surface area contributed by atoms with E-state index in [9.17, 15) is 14.7 Å². The van der Waals surface area contributed by atoms with Crippen molar-refractivity contribution < 1.29 is 29.0 Å². The van der Waals surface area contributed by atoms with Gasteiger partial charge in [0.25, 0.3) is 0 Å². The first-order valence-electron chi connectivity index (χ1n) is 7.61. The van der Waals surface area contributed by atoms with E-state index in [1.807, 2.05) is 30.3 Å². The standard InChI is InChI=1S/C16H19NO6/c1-2-21-16(20)13-12-14(11(9-18)22-15(12)19)23-17(13)8-10-6-4-3-5-7-10/h3-7,11-14,18H,2,8-9H2,1H3/t11-,12-,13?,14-/m1/s1. The number of ether oxygens (including phenoxy) is 2. The maximum atomic E-state index is 12.3. The van der Waals surface area contributed by atoms with Gasteiger partial charge in [0.1, 0.15) is 18.1 Å². The number of carbonyl (C=O) groups excluding carboxylic acids is 2. The molecule has 1 aromatic carbocycles. The second-order valence-electron chi connectivity index (χ2n) is 5.51. The third-order valence-corrected chi connectivity index (χ3v) is 4.06. The Hall–Kier alpha value is -1.96. The van der Waals surface area contributed by atoms with Crippen molar-refractivity contribution in [3.63, 3.8) is 0 Å². The first-order chi connectivity index (χ1) is 11.2. The molecular weight excluding hydrogens is 302 g/mol. The number of aliphatic hydroxyl groups excluding tert-OH is 1. The molecule has 1 N–H and O–H groups in total. The maximum absolute atomic E-state index is 12.3. The highest BCUT2D eigenvalue weighted by Gasteiger charge is 2.60. The summed E-state index contributed by atoms with van der Waals surface area (Å²) < 4.78 is 10.2. The van der Waals surface area contributed by atoms with Crippen LogP contribution in [0.2, 0.25) is 0 Å². The van der Waals surface area contributed by atoms with Gasteiger partial charge in [-0.2, -0.15) is 5.06 Å². The Labute approximate surface area is 133 Å². The molecule has 0 spiro atoms. The van der Waals surface area contributed by atoms with Crippen molar-refractivity contribution >= 4 is 11.9 Å². The quantitative estimate of drug-likeness (QED) is 0.779. The van der Waals surface area contributed by atoms with Gasteiger partial charge in [-0.25, -0.2) is 0 Å². The van der Waals surface area contributed by atoms with Crippen molar-refractivity contribution in [2.45, 2.75) is 31.7 Å². The summed E-state index contributed by atoms with van der Waals surface area (Å²) in [7, 11) is 0. The molecular formula is C16H19NO6. The molecule has 2 heterocycles. The van der Waals surface area contributed by atoms with Gasteiger partial charge in [-0.05, 0) is 12.5 Å². The van der Waals surface area contributed by atoms with Gasteiger partial charge < -0.3 is 14.6 Å². The third-order valence-electron chi connectivity index (χ3n) is 4.06. The van der Waals surface area contributed by atoms with Crippen LogP contribution in [0.3, 0.4) is 0 Å². The summed E-state index contributed by atoms with van der Waals surface area (Å²) in [6.45, 7) is 1.91. The molecule has 2 fully saturated rings. The lowest BCUT2D eigenvalue weighted by atomic mass is 9.94. The SMILES string of the molecule is CCOC(=O)C1[C@H]2C(=O)O[C@H](CO)[C@H]2ON1Cc1ccccc1. The largest absolute Gasteiger partial charge is 0.465 e. The van der Waals surface area contributed by atoms with Crippen LogP contribution in [-0.2, 0) is 30.4 Å². The molecule has 0 radical (unpaired) electrons. The van der Waals surface area contributed by atoms with Gasteiger partial charge in [0.15, 0.2) is 6.10 Å². The van der Waals surface area contributed by atoms with Crippen molar-refractivity contribution in [1.29, 1.82) is 0 Å². The van der Waals surface area contributed by atoms with Gasteiger partial charge in [-0.1, -0.05) is 30.3 Å². The average molecular weight is 321 g/mol. The zero-order chi connectivity index (χ0) is 16.4. The van der Waals surface area contributed by atoms with Crippen LogP contribution >= 0.6 is 0 Å². The molecule has 23 heavy (non-hydrogen) atoms. The fourth-order valence-corrected chi connectivity index (χ4v) is 3.04. The molecule has 4 atom stereocenters. The minimum Gasteiger partial charge on any atom is -0.465 e. The first-order valence-corrected chi connectivity index (χ1v) is 7.61. The van der Waals surface area contributed by atoms with E-state index in [1.54, 1.807) is 6.92 Å². The van der Waals surface area contributed by atoms with Gasteiger partial charge >= 0.3 is 11.9 Å². The second kappa shape index (κ2) is 6.66. The minimum absolute atomic E-state index is 0.213. The Morgan fingerprint density at radius 3 is 2.74 bits per heavy atom. The molecule has 2 aliphatic rings. The summed E-state index contributed by atoms with van der Waals surface area (Å²) in [4.78, 5) is 30.2. The average Bonchev–Trinajstić information content (AvgIpc) is 3.06. The molecule has 124 valence electrons. The molecule has 0 saturated carbocycles. The van der Waals surface area contributed by atoms with Crippen LogP contribution in [0, 0.1) is 5.92 Å². The Morgan fingerprint density at radius 2 is 2.09 bits per heavy atom. The van der Waals surface area contributed by atoms with E-state index >= 15 is 0 Å². The van der Waals surface area contributed by atoms with Gasteiger partial charge in [-0.3, -0.25) is 14.4 Å². The van der Waals surface area contributed by atoms with Crippen molar-refractivity contribution in [1.82, 2.24) is 5.06 Å². The number of benzene rings is 1. The normalized spacial score (nSPS) is 30.1. The number of nitrogens with zero attached hydrogens (tertiary/aromatic N) is 1. The Morgan fingerprint density at radius 1 is 1.35 bits per heavy atom. The molecule has 2 aliphatic heterocycles. The number of carbonyl (C=O) groups is 2. The van der Waals surface area contributed by atoms with Crippen LogP contribution in [0.15, 0.2) is 30.3 Å². The molecule has 1 aromatic rings. The van der Waals surface area contributed by atoms with Crippen LogP contribution in [0.4, 0.5) is 0 Å². The van der Waals surface area contributed by atoms with Crippen LogP contribution in [0.25, 0.3) is 0 Å². The van der Waals surface area contributed by atoms with E-state index in [4.69, 9.17) is 14.3 Å². The van der Waals surface area contributed by atoms with Crippen molar-refractivity contribution in [2.75, 3.05) is 13.2 Å². The summed E-state index contributed by atoms with van der Waals surface area (Å²) in [5.74, 6) is -1.84. The highest BCUT2D eigenvalue weighted by Crippen LogP contribution is 2.38. The molecule has 2 saturated heterocycles. The predicted octanol–water partition coefficient (Wildman–Crippen LogP) is 0.268. The van der Waals surface area contributed by atoms with Gasteiger partial charge in [-0.15, -0.1) is 0 Å². The highest BCUT2D eigenvalue weighted by molar-refractivity contribution is 5.87. The molecule has 1 unspecified atom stereocenters. The second-order valence-corrected chi connectivity index (χ2v) is 5.51. The third kappa shape index (κ3) is 2.95. The smallest absolute Gasteiger partial charge is 0.326 e. The Bertz CT molecular complexity index is 577. The first kappa shape index (κ1) is 15.9. The van der Waals surface area contributed by atoms with Crippen molar-refractivity contribution in [3.05, 3.63) is 35.9 Å². The van der Waals surface area contributed by atoms with E-state index in [0.717, 1.165) is 5.56 Å². The number of rotatable bonds is 5. The van der Waals surface area contributed by atoms with Gasteiger partial charge in [0.2, 0.25) is 0 Å². The summed E-state index contributed by atoms with van der Waals surface area (Å²) in [5, 5.41) is 10.8. The molecule has 7 heteroatoms. The molecule has 0 amide bonds. The number of hydroxylamine groups is 2. The van der Waals surface area contributed by atoms with E-state index in [2.05, 4.69) is 0 Å².